The van der Waals surface area contributed by atoms with E-state index in [1.165, 1.54) is 4.57 Å². The lowest BCUT2D eigenvalue weighted by Gasteiger charge is -2.27. The average Bonchev–Trinajstić information content (AvgIpc) is 3.38. The van der Waals surface area contributed by atoms with Crippen molar-refractivity contribution in [3.63, 3.8) is 0 Å². The molecule has 0 aliphatic carbocycles. The Morgan fingerprint density at radius 3 is 2.28 bits per heavy atom. The van der Waals surface area contributed by atoms with Crippen LogP contribution < -0.4 is 10.2 Å². The zero-order valence-electron chi connectivity index (χ0n) is 21.2. The van der Waals surface area contributed by atoms with Crippen LogP contribution in [-0.2, 0) is 15.9 Å². The first-order chi connectivity index (χ1) is 19.1. The molecule has 1 aromatic carbocycles. The SMILES string of the molecule is FC(F)c1nc2ccccc2n1-c1nc(Nc2cnc(CCN3CCOCC3)nc2)nc(N2CCOCC2)n1. The lowest BCUT2D eigenvalue weighted by atomic mass is 10.3. The van der Waals surface area contributed by atoms with Crippen molar-refractivity contribution < 1.29 is 18.3 Å². The monoisotopic (exact) mass is 538 g/mol. The summed E-state index contributed by atoms with van der Waals surface area (Å²) in [5, 5.41) is 3.12. The van der Waals surface area contributed by atoms with Gasteiger partial charge >= 0.3 is 0 Å². The quantitative estimate of drug-likeness (QED) is 0.356. The molecule has 1 N–H and O–H groups in total. The number of nitrogens with zero attached hydrogens (tertiary/aromatic N) is 9. The Bertz CT molecular complexity index is 1410. The van der Waals surface area contributed by atoms with Crippen LogP contribution in [0.15, 0.2) is 36.7 Å². The highest BCUT2D eigenvalue weighted by Crippen LogP contribution is 2.28. The van der Waals surface area contributed by atoms with Gasteiger partial charge in [0.15, 0.2) is 5.82 Å². The van der Waals surface area contributed by atoms with Crippen molar-refractivity contribution in [1.82, 2.24) is 39.4 Å². The number of benzene rings is 1. The Kier molecular flexibility index (Phi) is 7.47. The van der Waals surface area contributed by atoms with E-state index in [4.69, 9.17) is 9.47 Å². The van der Waals surface area contributed by atoms with Gasteiger partial charge in [-0.15, -0.1) is 0 Å². The van der Waals surface area contributed by atoms with Crippen molar-refractivity contribution in [3.8, 4) is 5.95 Å². The molecule has 12 nitrogen and oxygen atoms in total. The number of aromatic nitrogens is 7. The van der Waals surface area contributed by atoms with Gasteiger partial charge in [0.05, 0.1) is 55.5 Å². The normalized spacial score (nSPS) is 16.7. The van der Waals surface area contributed by atoms with E-state index in [1.54, 1.807) is 36.7 Å². The van der Waals surface area contributed by atoms with E-state index in [2.05, 4.69) is 40.1 Å². The average molecular weight is 539 g/mol. The molecule has 0 saturated carbocycles. The third kappa shape index (κ3) is 5.77. The summed E-state index contributed by atoms with van der Waals surface area (Å²) in [5.74, 6) is 0.870. The maximum atomic E-state index is 14.1. The Labute approximate surface area is 223 Å². The van der Waals surface area contributed by atoms with Gasteiger partial charge in [0, 0.05) is 39.1 Å². The Balaban J connectivity index is 1.30. The molecule has 0 radical (unpaired) electrons. The number of morpholine rings is 2. The van der Waals surface area contributed by atoms with Crippen molar-refractivity contribution in [2.45, 2.75) is 12.8 Å². The standard InChI is InChI=1S/C25H28F2N10O2/c26-21(27)22-31-18-3-1-2-4-19(18)37(22)25-33-23(32-24(34-25)36-9-13-39-14-10-36)30-17-15-28-20(29-16-17)5-6-35-7-11-38-12-8-35/h1-4,15-16,21H,5-14H2,(H,30,32,33,34). The van der Waals surface area contributed by atoms with Crippen LogP contribution in [-0.4, -0.2) is 98.5 Å². The molecule has 3 aromatic heterocycles. The summed E-state index contributed by atoms with van der Waals surface area (Å²) in [5.41, 5.74) is 1.47. The maximum absolute atomic E-state index is 14.1. The van der Waals surface area contributed by atoms with E-state index in [-0.39, 0.29) is 11.9 Å². The van der Waals surface area contributed by atoms with Crippen LogP contribution in [0.4, 0.5) is 26.4 Å². The maximum Gasteiger partial charge on any atom is 0.296 e. The number of halogens is 2. The molecule has 0 amide bonds. The van der Waals surface area contributed by atoms with Gasteiger partial charge in [-0.05, 0) is 12.1 Å². The van der Waals surface area contributed by atoms with E-state index in [1.807, 2.05) is 4.90 Å². The molecule has 0 unspecified atom stereocenters. The molecule has 2 aliphatic heterocycles. The third-order valence-electron chi connectivity index (χ3n) is 6.60. The van der Waals surface area contributed by atoms with Crippen molar-refractivity contribution in [2.24, 2.45) is 0 Å². The van der Waals surface area contributed by atoms with Crippen molar-refractivity contribution in [1.29, 1.82) is 0 Å². The highest BCUT2D eigenvalue weighted by atomic mass is 19.3. The second kappa shape index (κ2) is 11.5. The summed E-state index contributed by atoms with van der Waals surface area (Å²) in [6.07, 6.45) is 1.23. The van der Waals surface area contributed by atoms with Crippen LogP contribution in [0.3, 0.4) is 0 Å². The number of nitrogens with one attached hydrogen (secondary N) is 1. The van der Waals surface area contributed by atoms with Gasteiger partial charge < -0.3 is 19.7 Å². The first-order valence-electron chi connectivity index (χ1n) is 12.9. The second-order valence-electron chi connectivity index (χ2n) is 9.17. The number of ether oxygens (including phenoxy) is 2. The van der Waals surface area contributed by atoms with Gasteiger partial charge in [-0.3, -0.25) is 9.47 Å². The molecule has 2 fully saturated rings. The van der Waals surface area contributed by atoms with Gasteiger partial charge in [0.2, 0.25) is 17.8 Å². The number of fused-ring (bicyclic) bond motifs is 1. The predicted molar refractivity (Wildman–Crippen MR) is 139 cm³/mol. The van der Waals surface area contributed by atoms with Crippen molar-refractivity contribution in [3.05, 3.63) is 48.3 Å². The van der Waals surface area contributed by atoms with Crippen LogP contribution in [0.5, 0.6) is 0 Å². The second-order valence-corrected chi connectivity index (χ2v) is 9.17. The summed E-state index contributed by atoms with van der Waals surface area (Å²) in [4.78, 5) is 31.0. The van der Waals surface area contributed by atoms with E-state index >= 15 is 0 Å². The number of hydrogen-bond donors (Lipinski definition) is 1. The third-order valence-corrected chi connectivity index (χ3v) is 6.60. The van der Waals surface area contributed by atoms with Crippen LogP contribution in [0.1, 0.15) is 18.1 Å². The molecule has 14 heteroatoms. The van der Waals surface area contributed by atoms with E-state index < -0.39 is 12.2 Å². The molecule has 0 spiro atoms. The molecule has 6 rings (SSSR count). The highest BCUT2D eigenvalue weighted by molar-refractivity contribution is 5.77. The lowest BCUT2D eigenvalue weighted by molar-refractivity contribution is 0.0382. The van der Waals surface area contributed by atoms with Crippen LogP contribution in [0.25, 0.3) is 17.0 Å². The molecular weight excluding hydrogens is 510 g/mol. The fourth-order valence-electron chi connectivity index (χ4n) is 4.58. The predicted octanol–water partition coefficient (Wildman–Crippen LogP) is 2.39. The number of imidazole rings is 1. The van der Waals surface area contributed by atoms with E-state index in [9.17, 15) is 8.78 Å². The van der Waals surface area contributed by atoms with E-state index in [0.29, 0.717) is 49.0 Å². The van der Waals surface area contributed by atoms with Crippen LogP contribution in [0, 0.1) is 0 Å². The number of alkyl halides is 2. The topological polar surface area (TPSA) is 119 Å². The van der Waals surface area contributed by atoms with Crippen molar-refractivity contribution in [2.75, 3.05) is 69.4 Å². The lowest BCUT2D eigenvalue weighted by Crippen LogP contribution is -2.37. The summed E-state index contributed by atoms with van der Waals surface area (Å²) in [6.45, 7) is 6.33. The largest absolute Gasteiger partial charge is 0.379 e. The molecule has 0 atom stereocenters. The van der Waals surface area contributed by atoms with Gasteiger partial charge in [0.1, 0.15) is 5.82 Å². The Morgan fingerprint density at radius 1 is 0.846 bits per heavy atom. The molecule has 4 aromatic rings. The fourth-order valence-corrected chi connectivity index (χ4v) is 4.58. The summed E-state index contributed by atoms with van der Waals surface area (Å²) < 4.78 is 40.2. The Morgan fingerprint density at radius 2 is 1.54 bits per heavy atom. The summed E-state index contributed by atoms with van der Waals surface area (Å²) in [6, 6.07) is 6.90. The number of para-hydroxylation sites is 2. The number of hydrogen-bond acceptors (Lipinski definition) is 11. The molecule has 5 heterocycles. The smallest absolute Gasteiger partial charge is 0.296 e. The molecule has 2 aliphatic rings. The minimum absolute atomic E-state index is 0.0426. The fraction of sp³-hybridized carbons (Fsp3) is 0.440. The zero-order chi connectivity index (χ0) is 26.6. The van der Waals surface area contributed by atoms with Crippen LogP contribution in [0.2, 0.25) is 0 Å². The summed E-state index contributed by atoms with van der Waals surface area (Å²) in [7, 11) is 0. The number of anilines is 3. The first kappa shape index (κ1) is 25.4. The van der Waals surface area contributed by atoms with Gasteiger partial charge in [-0.1, -0.05) is 12.1 Å². The minimum atomic E-state index is -2.82. The van der Waals surface area contributed by atoms with Gasteiger partial charge in [-0.2, -0.15) is 15.0 Å². The van der Waals surface area contributed by atoms with Crippen molar-refractivity contribution >= 4 is 28.6 Å². The molecule has 0 bridgehead atoms. The molecular formula is C25H28F2N10O2. The zero-order valence-corrected chi connectivity index (χ0v) is 21.2. The van der Waals surface area contributed by atoms with E-state index in [0.717, 1.165) is 45.1 Å². The van der Waals surface area contributed by atoms with Gasteiger partial charge in [-0.25, -0.2) is 23.7 Å². The molecule has 2 saturated heterocycles. The molecule has 39 heavy (non-hydrogen) atoms. The number of rotatable bonds is 8. The minimum Gasteiger partial charge on any atom is -0.379 e. The Hall–Kier alpha value is -3.88. The first-order valence-corrected chi connectivity index (χ1v) is 12.9. The van der Waals surface area contributed by atoms with Crippen LogP contribution >= 0.6 is 0 Å². The molecule has 204 valence electrons. The highest BCUT2D eigenvalue weighted by Gasteiger charge is 2.24. The van der Waals surface area contributed by atoms with Gasteiger partial charge in [0.25, 0.3) is 6.43 Å². The summed E-state index contributed by atoms with van der Waals surface area (Å²) >= 11 is 0.